The molecule has 1 unspecified atom stereocenters. The molecule has 1 aliphatic heterocycles. The summed E-state index contributed by atoms with van der Waals surface area (Å²) >= 11 is 1.73. The Morgan fingerprint density at radius 3 is 3.10 bits per heavy atom. The van der Waals surface area contributed by atoms with Gasteiger partial charge in [0.1, 0.15) is 6.07 Å². The van der Waals surface area contributed by atoms with Gasteiger partial charge in [0.05, 0.1) is 11.3 Å². The van der Waals surface area contributed by atoms with Gasteiger partial charge in [-0.25, -0.2) is 0 Å². The van der Waals surface area contributed by atoms with Crippen LogP contribution in [0.2, 0.25) is 0 Å². The highest BCUT2D eigenvalue weighted by Gasteiger charge is 2.13. The molecule has 1 aromatic rings. The van der Waals surface area contributed by atoms with Gasteiger partial charge in [0, 0.05) is 11.4 Å². The standard InChI is InChI=1S/C16H23N3S/c1-2-20-16-7-3-6-15(14(16)11-17)19-10-8-13-5-4-9-18-12-13/h3,6-7,13,18-19H,2,4-5,8-10,12H2,1H3. The summed E-state index contributed by atoms with van der Waals surface area (Å²) in [7, 11) is 0. The van der Waals surface area contributed by atoms with Crippen LogP contribution >= 0.6 is 11.8 Å². The highest BCUT2D eigenvalue weighted by atomic mass is 32.2. The summed E-state index contributed by atoms with van der Waals surface area (Å²) in [6.45, 7) is 5.36. The van der Waals surface area contributed by atoms with Crippen molar-refractivity contribution in [3.8, 4) is 6.07 Å². The van der Waals surface area contributed by atoms with Crippen LogP contribution in [0.5, 0.6) is 0 Å². The number of rotatable bonds is 6. The molecule has 1 aliphatic rings. The van der Waals surface area contributed by atoms with Crippen LogP contribution in [-0.2, 0) is 0 Å². The van der Waals surface area contributed by atoms with Crippen LogP contribution < -0.4 is 10.6 Å². The van der Waals surface area contributed by atoms with Crippen LogP contribution in [-0.4, -0.2) is 25.4 Å². The number of hydrogen-bond donors (Lipinski definition) is 2. The fraction of sp³-hybridized carbons (Fsp3) is 0.562. The van der Waals surface area contributed by atoms with E-state index in [1.54, 1.807) is 11.8 Å². The summed E-state index contributed by atoms with van der Waals surface area (Å²) in [5, 5.41) is 16.3. The van der Waals surface area contributed by atoms with Crippen LogP contribution in [0.4, 0.5) is 5.69 Å². The Morgan fingerprint density at radius 1 is 1.50 bits per heavy atom. The molecule has 4 heteroatoms. The first-order chi connectivity index (χ1) is 9.85. The van der Waals surface area contributed by atoms with E-state index in [2.05, 4.69) is 23.6 Å². The lowest BCUT2D eigenvalue weighted by atomic mass is 9.96. The predicted molar refractivity (Wildman–Crippen MR) is 86.3 cm³/mol. The minimum atomic E-state index is 0.773. The van der Waals surface area contributed by atoms with Crippen molar-refractivity contribution < 1.29 is 0 Å². The van der Waals surface area contributed by atoms with Crippen LogP contribution in [0, 0.1) is 17.2 Å². The van der Waals surface area contributed by atoms with Gasteiger partial charge in [-0.3, -0.25) is 0 Å². The average Bonchev–Trinajstić information content (AvgIpc) is 2.49. The molecule has 1 atom stereocenters. The number of benzene rings is 1. The molecule has 20 heavy (non-hydrogen) atoms. The topological polar surface area (TPSA) is 47.8 Å². The number of nitrogens with one attached hydrogen (secondary N) is 2. The molecule has 1 fully saturated rings. The summed E-state index contributed by atoms with van der Waals surface area (Å²) in [5.74, 6) is 1.77. The predicted octanol–water partition coefficient (Wildman–Crippen LogP) is 3.47. The normalized spacial score (nSPS) is 18.5. The zero-order valence-electron chi connectivity index (χ0n) is 12.1. The van der Waals surface area contributed by atoms with Crippen LogP contribution in [0.1, 0.15) is 31.7 Å². The molecule has 0 amide bonds. The van der Waals surface area contributed by atoms with E-state index in [1.807, 2.05) is 18.2 Å². The van der Waals surface area contributed by atoms with E-state index in [4.69, 9.17) is 0 Å². The lowest BCUT2D eigenvalue weighted by Gasteiger charge is -2.23. The molecule has 108 valence electrons. The molecule has 1 aromatic carbocycles. The third-order valence-electron chi connectivity index (χ3n) is 3.70. The first kappa shape index (κ1) is 15.2. The summed E-state index contributed by atoms with van der Waals surface area (Å²) in [6, 6.07) is 8.41. The molecule has 0 bridgehead atoms. The molecule has 0 aromatic heterocycles. The first-order valence-corrected chi connectivity index (χ1v) is 8.44. The van der Waals surface area contributed by atoms with Gasteiger partial charge in [0.15, 0.2) is 0 Å². The molecule has 3 nitrogen and oxygen atoms in total. The summed E-state index contributed by atoms with van der Waals surface area (Å²) in [6.07, 6.45) is 3.78. The van der Waals surface area contributed by atoms with E-state index in [-0.39, 0.29) is 0 Å². The highest BCUT2D eigenvalue weighted by Crippen LogP contribution is 2.28. The van der Waals surface area contributed by atoms with Crippen molar-refractivity contribution in [3.05, 3.63) is 23.8 Å². The molecular formula is C16H23N3S. The minimum absolute atomic E-state index is 0.773. The largest absolute Gasteiger partial charge is 0.384 e. The fourth-order valence-electron chi connectivity index (χ4n) is 2.65. The molecule has 0 aliphatic carbocycles. The van der Waals surface area contributed by atoms with Crippen LogP contribution in [0.25, 0.3) is 0 Å². The Morgan fingerprint density at radius 2 is 2.40 bits per heavy atom. The molecule has 0 radical (unpaired) electrons. The summed E-state index contributed by atoms with van der Waals surface area (Å²) in [4.78, 5) is 1.08. The number of piperidine rings is 1. The maximum Gasteiger partial charge on any atom is 0.102 e. The minimum Gasteiger partial charge on any atom is -0.384 e. The second-order valence-electron chi connectivity index (χ2n) is 5.15. The second-order valence-corrected chi connectivity index (χ2v) is 6.46. The molecular weight excluding hydrogens is 266 g/mol. The van der Waals surface area contributed by atoms with E-state index in [0.717, 1.165) is 40.9 Å². The van der Waals surface area contributed by atoms with Gasteiger partial charge in [-0.15, -0.1) is 11.8 Å². The van der Waals surface area contributed by atoms with E-state index in [0.29, 0.717) is 0 Å². The smallest absolute Gasteiger partial charge is 0.102 e. The van der Waals surface area contributed by atoms with Crippen molar-refractivity contribution in [1.82, 2.24) is 5.32 Å². The number of nitriles is 1. The number of thioether (sulfide) groups is 1. The number of anilines is 1. The van der Waals surface area contributed by atoms with Crippen molar-refractivity contribution in [2.24, 2.45) is 5.92 Å². The third-order valence-corrected chi connectivity index (χ3v) is 4.64. The Bertz CT molecular complexity index is 461. The van der Waals surface area contributed by atoms with E-state index >= 15 is 0 Å². The Balaban J connectivity index is 1.91. The molecule has 0 saturated carbocycles. The van der Waals surface area contributed by atoms with Gasteiger partial charge < -0.3 is 10.6 Å². The van der Waals surface area contributed by atoms with E-state index in [9.17, 15) is 5.26 Å². The molecule has 0 spiro atoms. The maximum absolute atomic E-state index is 9.36. The summed E-state index contributed by atoms with van der Waals surface area (Å²) in [5.41, 5.74) is 1.77. The molecule has 2 N–H and O–H groups in total. The number of nitrogens with zero attached hydrogens (tertiary/aromatic N) is 1. The SMILES string of the molecule is CCSc1cccc(NCCC2CCCNC2)c1C#N. The van der Waals surface area contributed by atoms with Crippen molar-refractivity contribution in [2.75, 3.05) is 30.7 Å². The number of hydrogen-bond acceptors (Lipinski definition) is 4. The van der Waals surface area contributed by atoms with Gasteiger partial charge in [-0.1, -0.05) is 13.0 Å². The van der Waals surface area contributed by atoms with E-state index in [1.165, 1.54) is 25.8 Å². The first-order valence-electron chi connectivity index (χ1n) is 7.45. The fourth-order valence-corrected chi connectivity index (χ4v) is 3.44. The lowest BCUT2D eigenvalue weighted by molar-refractivity contribution is 0.364. The lowest BCUT2D eigenvalue weighted by Crippen LogP contribution is -2.30. The van der Waals surface area contributed by atoms with E-state index < -0.39 is 0 Å². The Kier molecular flexibility index (Phi) is 6.23. The van der Waals surface area contributed by atoms with Gasteiger partial charge in [-0.05, 0) is 56.2 Å². The van der Waals surface area contributed by atoms with Crippen molar-refractivity contribution >= 4 is 17.4 Å². The van der Waals surface area contributed by atoms with Gasteiger partial charge >= 0.3 is 0 Å². The zero-order chi connectivity index (χ0) is 14.2. The Hall–Kier alpha value is -1.18. The van der Waals surface area contributed by atoms with Crippen molar-refractivity contribution in [3.63, 3.8) is 0 Å². The third kappa shape index (κ3) is 4.16. The summed E-state index contributed by atoms with van der Waals surface area (Å²) < 4.78 is 0. The monoisotopic (exact) mass is 289 g/mol. The quantitative estimate of drug-likeness (QED) is 0.787. The van der Waals surface area contributed by atoms with Crippen molar-refractivity contribution in [1.29, 1.82) is 5.26 Å². The molecule has 1 saturated heterocycles. The zero-order valence-corrected chi connectivity index (χ0v) is 12.9. The van der Waals surface area contributed by atoms with Crippen LogP contribution in [0.3, 0.4) is 0 Å². The van der Waals surface area contributed by atoms with Gasteiger partial charge in [0.25, 0.3) is 0 Å². The molecule has 1 heterocycles. The maximum atomic E-state index is 9.36. The van der Waals surface area contributed by atoms with Crippen molar-refractivity contribution in [2.45, 2.75) is 31.1 Å². The highest BCUT2D eigenvalue weighted by molar-refractivity contribution is 7.99. The molecule has 2 rings (SSSR count). The van der Waals surface area contributed by atoms with Gasteiger partial charge in [0.2, 0.25) is 0 Å². The second kappa shape index (κ2) is 8.18. The van der Waals surface area contributed by atoms with Gasteiger partial charge in [-0.2, -0.15) is 5.26 Å². The Labute approximate surface area is 126 Å². The van der Waals surface area contributed by atoms with Crippen LogP contribution in [0.15, 0.2) is 23.1 Å². The average molecular weight is 289 g/mol.